The molecular weight excluding hydrogens is 512 g/mol. The van der Waals surface area contributed by atoms with Gasteiger partial charge in [-0.25, -0.2) is 0 Å². The summed E-state index contributed by atoms with van der Waals surface area (Å²) < 4.78 is 0. The summed E-state index contributed by atoms with van der Waals surface area (Å²) in [6, 6.07) is 0. The highest BCUT2D eigenvalue weighted by molar-refractivity contribution is 4.79. The van der Waals surface area contributed by atoms with Crippen LogP contribution in [0.1, 0.15) is 203 Å². The highest BCUT2D eigenvalue weighted by Gasteiger charge is 2.28. The maximum absolute atomic E-state index is 9.12. The molecule has 5 heteroatoms. The molecule has 0 rings (SSSR count). The highest BCUT2D eigenvalue weighted by atomic mass is 16.4. The first-order chi connectivity index (χ1) is 19.9. The smallest absolute Gasteiger partial charge is 0.110 e. The molecule has 5 nitrogen and oxygen atoms in total. The van der Waals surface area contributed by atoms with E-state index in [4.69, 9.17) is 25.5 Å². The van der Waals surface area contributed by atoms with Crippen LogP contribution in [0.2, 0.25) is 0 Å². The molecule has 254 valence electrons. The quantitative estimate of drug-likeness (QED) is 0.0643. The first kappa shape index (κ1) is 47.7. The molecule has 0 aromatic rings. The molecule has 0 fully saturated rings. The lowest BCUT2D eigenvalue weighted by molar-refractivity contribution is -0.115. The molecule has 0 spiro atoms. The first-order valence-electron chi connectivity index (χ1n) is 18.2. The minimum atomic E-state index is -1.51. The Morgan fingerprint density at radius 3 is 0.732 bits per heavy atom. The monoisotopic (exact) mass is 593 g/mol. The molecule has 0 aromatic carbocycles. The Morgan fingerprint density at radius 2 is 0.561 bits per heavy atom. The summed E-state index contributed by atoms with van der Waals surface area (Å²) in [6.07, 6.45) is 28.4. The normalized spacial score (nSPS) is 13.5. The fraction of sp³-hybridized carbons (Fsp3) is 1.00. The van der Waals surface area contributed by atoms with Crippen LogP contribution < -0.4 is 0 Å². The van der Waals surface area contributed by atoms with Crippen LogP contribution >= 0.6 is 0 Å². The van der Waals surface area contributed by atoms with Crippen molar-refractivity contribution in [3.8, 4) is 0 Å². The van der Waals surface area contributed by atoms with E-state index in [2.05, 4.69) is 27.7 Å². The number of unbranched alkanes of at least 4 members (excludes halogenated alkanes) is 21. The molecule has 0 radical (unpaired) electrons. The highest BCUT2D eigenvalue weighted by Crippen LogP contribution is 2.15. The Hall–Kier alpha value is -0.200. The van der Waals surface area contributed by atoms with Crippen molar-refractivity contribution in [3.63, 3.8) is 0 Å². The predicted octanol–water partition coefficient (Wildman–Crippen LogP) is 9.88. The van der Waals surface area contributed by atoms with Gasteiger partial charge >= 0.3 is 0 Å². The third kappa shape index (κ3) is 42.0. The van der Waals surface area contributed by atoms with E-state index in [1.165, 1.54) is 148 Å². The van der Waals surface area contributed by atoms with Crippen LogP contribution in [0.15, 0.2) is 0 Å². The summed E-state index contributed by atoms with van der Waals surface area (Å²) in [4.78, 5) is 0. The fourth-order valence-electron chi connectivity index (χ4n) is 4.31. The standard InChI is InChI=1S/C23H48.C7H16O5.C4H10.C2H6/c1-3-5-7-9-11-13-15-17-19-21-23-22-20-18-16-14-12-10-8-6-4-2;1-2-4(9)6(11)7(12)5(10)3-8;1-3-4-2;1-2/h3-23H2,1-2H3;4-12H,2-3H2,1H3;3-4H2,1-2H3;1-2H3. The van der Waals surface area contributed by atoms with Gasteiger partial charge in [0.05, 0.1) is 12.7 Å². The zero-order valence-electron chi connectivity index (χ0n) is 29.2. The van der Waals surface area contributed by atoms with Crippen molar-refractivity contribution in [2.75, 3.05) is 6.61 Å². The molecule has 0 heterocycles. The van der Waals surface area contributed by atoms with Crippen LogP contribution in [0.3, 0.4) is 0 Å². The van der Waals surface area contributed by atoms with Gasteiger partial charge in [-0.1, -0.05) is 196 Å². The molecule has 4 atom stereocenters. The van der Waals surface area contributed by atoms with Gasteiger partial charge in [0.1, 0.15) is 18.3 Å². The molecule has 0 bridgehead atoms. The summed E-state index contributed by atoms with van der Waals surface area (Å²) in [6.45, 7) is 13.9. The van der Waals surface area contributed by atoms with Gasteiger partial charge in [0, 0.05) is 0 Å². The molecule has 5 N–H and O–H groups in total. The summed E-state index contributed by atoms with van der Waals surface area (Å²) in [7, 11) is 0. The van der Waals surface area contributed by atoms with Crippen molar-refractivity contribution in [2.24, 2.45) is 0 Å². The van der Waals surface area contributed by atoms with Crippen molar-refractivity contribution in [2.45, 2.75) is 227 Å². The van der Waals surface area contributed by atoms with Crippen molar-refractivity contribution in [3.05, 3.63) is 0 Å². The molecule has 0 aliphatic heterocycles. The predicted molar refractivity (Wildman–Crippen MR) is 182 cm³/mol. The zero-order chi connectivity index (χ0) is 32.0. The summed E-state index contributed by atoms with van der Waals surface area (Å²) in [5.74, 6) is 0. The van der Waals surface area contributed by atoms with Crippen LogP contribution in [0.5, 0.6) is 0 Å². The van der Waals surface area contributed by atoms with Gasteiger partial charge in [0.2, 0.25) is 0 Å². The lowest BCUT2D eigenvalue weighted by atomic mass is 10.0. The second kappa shape index (κ2) is 44.2. The maximum Gasteiger partial charge on any atom is 0.110 e. The Bertz CT molecular complexity index is 371. The van der Waals surface area contributed by atoms with Gasteiger partial charge in [0.15, 0.2) is 0 Å². The maximum atomic E-state index is 9.12. The van der Waals surface area contributed by atoms with Crippen LogP contribution in [0.4, 0.5) is 0 Å². The van der Waals surface area contributed by atoms with E-state index in [-0.39, 0.29) is 6.42 Å². The topological polar surface area (TPSA) is 101 Å². The second-order valence-electron chi connectivity index (χ2n) is 11.4. The van der Waals surface area contributed by atoms with E-state index in [1.54, 1.807) is 6.92 Å². The van der Waals surface area contributed by atoms with Crippen molar-refractivity contribution in [1.82, 2.24) is 0 Å². The molecule has 0 aliphatic carbocycles. The largest absolute Gasteiger partial charge is 0.394 e. The first-order valence-corrected chi connectivity index (χ1v) is 18.2. The van der Waals surface area contributed by atoms with Crippen LogP contribution in [0.25, 0.3) is 0 Å². The van der Waals surface area contributed by atoms with Crippen molar-refractivity contribution >= 4 is 0 Å². The molecule has 0 aliphatic rings. The lowest BCUT2D eigenvalue weighted by Gasteiger charge is -2.24. The Labute approximate surface area is 259 Å². The Balaban J connectivity index is -0.000000316. The Kier molecular flexibility index (Phi) is 51.5. The summed E-state index contributed by atoms with van der Waals surface area (Å²) >= 11 is 0. The van der Waals surface area contributed by atoms with E-state index in [9.17, 15) is 0 Å². The van der Waals surface area contributed by atoms with Gasteiger partial charge in [-0.15, -0.1) is 0 Å². The summed E-state index contributed by atoms with van der Waals surface area (Å²) in [5.41, 5.74) is 0. The third-order valence-electron chi connectivity index (χ3n) is 7.45. The van der Waals surface area contributed by atoms with Crippen LogP contribution in [0, 0.1) is 0 Å². The van der Waals surface area contributed by atoms with E-state index in [0.717, 1.165) is 0 Å². The van der Waals surface area contributed by atoms with E-state index in [1.807, 2.05) is 13.8 Å². The van der Waals surface area contributed by atoms with Gasteiger partial charge < -0.3 is 25.5 Å². The lowest BCUT2D eigenvalue weighted by Crippen LogP contribution is -2.45. The van der Waals surface area contributed by atoms with E-state index in [0.29, 0.717) is 0 Å². The molecule has 0 saturated carbocycles. The van der Waals surface area contributed by atoms with Gasteiger partial charge in [-0.2, -0.15) is 0 Å². The van der Waals surface area contributed by atoms with E-state index < -0.39 is 31.0 Å². The number of aliphatic hydroxyl groups is 5. The molecule has 0 saturated heterocycles. The summed E-state index contributed by atoms with van der Waals surface area (Å²) in [5, 5.41) is 44.5. The minimum Gasteiger partial charge on any atom is -0.394 e. The number of aliphatic hydroxyl groups excluding tert-OH is 5. The number of hydrogen-bond donors (Lipinski definition) is 5. The van der Waals surface area contributed by atoms with Crippen molar-refractivity contribution in [1.29, 1.82) is 0 Å². The second-order valence-corrected chi connectivity index (χ2v) is 11.4. The number of rotatable bonds is 26. The van der Waals surface area contributed by atoms with Gasteiger partial charge in [0.25, 0.3) is 0 Å². The van der Waals surface area contributed by atoms with Crippen LogP contribution in [-0.4, -0.2) is 56.6 Å². The molecule has 0 amide bonds. The zero-order valence-corrected chi connectivity index (χ0v) is 29.2. The van der Waals surface area contributed by atoms with Gasteiger partial charge in [-0.3, -0.25) is 0 Å². The molecule has 41 heavy (non-hydrogen) atoms. The average Bonchev–Trinajstić information content (AvgIpc) is 3.02. The van der Waals surface area contributed by atoms with E-state index >= 15 is 0 Å². The molecule has 0 aromatic heterocycles. The van der Waals surface area contributed by atoms with Crippen LogP contribution in [-0.2, 0) is 0 Å². The third-order valence-corrected chi connectivity index (χ3v) is 7.45. The Morgan fingerprint density at radius 1 is 0.341 bits per heavy atom. The fourth-order valence-corrected chi connectivity index (χ4v) is 4.31. The number of hydrogen-bond acceptors (Lipinski definition) is 5. The minimum absolute atomic E-state index is 0.274. The van der Waals surface area contributed by atoms with Crippen molar-refractivity contribution < 1.29 is 25.5 Å². The SMILES string of the molecule is CC.CCC(O)C(O)C(O)C(O)CO.CCCC.CCCCCCCCCCCCCCCCCCCCCCC. The molecule has 4 unspecified atom stereocenters. The molecular formula is C36H80O5. The average molecular weight is 593 g/mol. The van der Waals surface area contributed by atoms with Gasteiger partial charge in [-0.05, 0) is 6.42 Å².